The zero-order valence-corrected chi connectivity index (χ0v) is 9.63. The summed E-state index contributed by atoms with van der Waals surface area (Å²) in [6, 6.07) is 0. The average Bonchev–Trinajstić information content (AvgIpc) is 2.93. The maximum Gasteiger partial charge on any atom is 0.234 e. The number of carbonyl (C=O) groups is 2. The molecule has 0 N–H and O–H groups in total. The lowest BCUT2D eigenvalue weighted by atomic mass is 9.85. The largest absolute Gasteiger partial charge is 0.278 e. The maximum atomic E-state index is 12.3. The van der Waals surface area contributed by atoms with Gasteiger partial charge in [0.2, 0.25) is 11.8 Å². The van der Waals surface area contributed by atoms with Gasteiger partial charge in [-0.3, -0.25) is 14.5 Å². The highest BCUT2D eigenvalue weighted by atomic mass is 16.2. The van der Waals surface area contributed by atoms with Crippen molar-refractivity contribution in [2.75, 3.05) is 6.54 Å². The Kier molecular flexibility index (Phi) is 1.54. The molecule has 1 spiro atoms. The number of rotatable bonds is 2. The van der Waals surface area contributed by atoms with E-state index in [4.69, 9.17) is 0 Å². The third kappa shape index (κ3) is 0.874. The molecule has 3 heteroatoms. The molecule has 0 unspecified atom stereocenters. The van der Waals surface area contributed by atoms with Gasteiger partial charge in [-0.1, -0.05) is 18.2 Å². The quantitative estimate of drug-likeness (QED) is 0.530. The van der Waals surface area contributed by atoms with Crippen molar-refractivity contribution in [3.05, 3.63) is 24.8 Å². The molecule has 1 saturated heterocycles. The van der Waals surface area contributed by atoms with Crippen molar-refractivity contribution in [3.63, 3.8) is 0 Å². The average molecular weight is 229 g/mol. The first-order valence-electron chi connectivity index (χ1n) is 6.35. The highest BCUT2D eigenvalue weighted by Gasteiger charge is 2.73. The van der Waals surface area contributed by atoms with E-state index in [1.807, 2.05) is 0 Å². The summed E-state index contributed by atoms with van der Waals surface area (Å²) in [7, 11) is 0. The van der Waals surface area contributed by atoms with Gasteiger partial charge in [-0.25, -0.2) is 0 Å². The predicted molar refractivity (Wildman–Crippen MR) is 61.7 cm³/mol. The fourth-order valence-electron chi connectivity index (χ4n) is 4.45. The standard InChI is InChI=1S/C14H15NO2/c1-2-7-15-12(16)10-8-3-4-9(11(10)13(15)17)14(8)5-6-14/h2-4,8-11H,1,5-7H2/t8-,9-,10+,11+/m1/s1. The number of hydrogen-bond donors (Lipinski definition) is 0. The van der Waals surface area contributed by atoms with Gasteiger partial charge in [0, 0.05) is 6.54 Å². The molecule has 2 bridgehead atoms. The van der Waals surface area contributed by atoms with E-state index >= 15 is 0 Å². The van der Waals surface area contributed by atoms with Crippen molar-refractivity contribution < 1.29 is 9.59 Å². The van der Waals surface area contributed by atoms with E-state index in [2.05, 4.69) is 18.7 Å². The molecule has 2 amide bonds. The maximum absolute atomic E-state index is 12.3. The van der Waals surface area contributed by atoms with Crippen molar-refractivity contribution in [3.8, 4) is 0 Å². The van der Waals surface area contributed by atoms with Crippen molar-refractivity contribution in [1.29, 1.82) is 0 Å². The van der Waals surface area contributed by atoms with E-state index in [0.29, 0.717) is 23.8 Å². The van der Waals surface area contributed by atoms with Crippen LogP contribution in [0.15, 0.2) is 24.8 Å². The minimum absolute atomic E-state index is 0.0445. The fraction of sp³-hybridized carbons (Fsp3) is 0.571. The van der Waals surface area contributed by atoms with Gasteiger partial charge >= 0.3 is 0 Å². The molecule has 4 atom stereocenters. The first kappa shape index (κ1) is 9.63. The van der Waals surface area contributed by atoms with Crippen LogP contribution >= 0.6 is 0 Å². The predicted octanol–water partition coefficient (Wildman–Crippen LogP) is 1.37. The van der Waals surface area contributed by atoms with Crippen LogP contribution in [0.2, 0.25) is 0 Å². The molecule has 1 heterocycles. The second-order valence-corrected chi connectivity index (χ2v) is 5.80. The monoisotopic (exact) mass is 229 g/mol. The van der Waals surface area contributed by atoms with Gasteiger partial charge in [0.25, 0.3) is 0 Å². The number of likely N-dealkylation sites (tertiary alicyclic amines) is 1. The topological polar surface area (TPSA) is 37.4 Å². The van der Waals surface area contributed by atoms with Crippen LogP contribution in [0, 0.1) is 29.1 Å². The zero-order chi connectivity index (χ0) is 11.8. The van der Waals surface area contributed by atoms with E-state index < -0.39 is 0 Å². The molecule has 0 aromatic carbocycles. The van der Waals surface area contributed by atoms with Crippen LogP contribution in [0.5, 0.6) is 0 Å². The van der Waals surface area contributed by atoms with Crippen LogP contribution in [-0.4, -0.2) is 23.3 Å². The zero-order valence-electron chi connectivity index (χ0n) is 9.63. The van der Waals surface area contributed by atoms with Crippen LogP contribution in [0.4, 0.5) is 0 Å². The molecular weight excluding hydrogens is 214 g/mol. The molecule has 0 aromatic rings. The SMILES string of the molecule is C=CCN1C(=O)[C@@H]2[C@@H](C1=O)[C@H]1C=C[C@H]2C12CC2. The van der Waals surface area contributed by atoms with Gasteiger partial charge in [0.05, 0.1) is 11.8 Å². The Morgan fingerprint density at radius 1 is 1.24 bits per heavy atom. The Labute approximate surface area is 100 Å². The third-order valence-electron chi connectivity index (χ3n) is 5.26. The summed E-state index contributed by atoms with van der Waals surface area (Å²) >= 11 is 0. The highest BCUT2D eigenvalue weighted by molar-refractivity contribution is 6.06. The molecule has 4 rings (SSSR count). The van der Waals surface area contributed by atoms with Crippen LogP contribution in [0.1, 0.15) is 12.8 Å². The number of amides is 2. The first-order chi connectivity index (χ1) is 8.20. The second-order valence-electron chi connectivity index (χ2n) is 5.80. The summed E-state index contributed by atoms with van der Waals surface area (Å²) in [4.78, 5) is 26.0. The molecule has 3 aliphatic carbocycles. The lowest BCUT2D eigenvalue weighted by Gasteiger charge is -2.20. The van der Waals surface area contributed by atoms with Crippen molar-refractivity contribution in [2.24, 2.45) is 29.1 Å². The minimum atomic E-state index is -0.0556. The summed E-state index contributed by atoms with van der Waals surface area (Å²) in [5.74, 6) is 0.651. The van der Waals surface area contributed by atoms with Crippen molar-refractivity contribution >= 4 is 11.8 Å². The summed E-state index contributed by atoms with van der Waals surface area (Å²) in [6.45, 7) is 3.99. The van der Waals surface area contributed by atoms with E-state index in [1.54, 1.807) is 6.08 Å². The smallest absolute Gasteiger partial charge is 0.234 e. The number of hydrogen-bond acceptors (Lipinski definition) is 2. The number of imide groups is 1. The molecular formula is C14H15NO2. The number of allylic oxidation sites excluding steroid dienone is 2. The fourth-order valence-corrected chi connectivity index (χ4v) is 4.45. The van der Waals surface area contributed by atoms with Gasteiger partial charge in [0.15, 0.2) is 0 Å². The molecule has 17 heavy (non-hydrogen) atoms. The Morgan fingerprint density at radius 2 is 1.76 bits per heavy atom. The van der Waals surface area contributed by atoms with Gasteiger partial charge in [-0.2, -0.15) is 0 Å². The minimum Gasteiger partial charge on any atom is -0.278 e. The highest BCUT2D eigenvalue weighted by Crippen LogP contribution is 2.73. The Balaban J connectivity index is 1.76. The first-order valence-corrected chi connectivity index (χ1v) is 6.35. The summed E-state index contributed by atoms with van der Waals surface area (Å²) in [6.07, 6.45) is 8.43. The van der Waals surface area contributed by atoms with Crippen LogP contribution in [-0.2, 0) is 9.59 Å². The van der Waals surface area contributed by atoms with E-state index in [0.717, 1.165) is 0 Å². The number of carbonyl (C=O) groups excluding carboxylic acids is 2. The lowest BCUT2D eigenvalue weighted by Crippen LogP contribution is -2.34. The Hall–Kier alpha value is -1.38. The number of fused-ring (bicyclic) bond motifs is 3. The summed E-state index contributed by atoms with van der Waals surface area (Å²) in [5, 5.41) is 0. The van der Waals surface area contributed by atoms with Crippen molar-refractivity contribution in [1.82, 2.24) is 4.90 Å². The summed E-state index contributed by atoms with van der Waals surface area (Å²) in [5.41, 5.74) is 0.306. The Bertz CT molecular complexity index is 441. The summed E-state index contributed by atoms with van der Waals surface area (Å²) < 4.78 is 0. The van der Waals surface area contributed by atoms with Gasteiger partial charge in [0.1, 0.15) is 0 Å². The molecule has 88 valence electrons. The number of nitrogens with zero attached hydrogens (tertiary/aromatic N) is 1. The molecule has 0 radical (unpaired) electrons. The van der Waals surface area contributed by atoms with E-state index in [9.17, 15) is 9.59 Å². The van der Waals surface area contributed by atoms with Crippen molar-refractivity contribution in [2.45, 2.75) is 12.8 Å². The lowest BCUT2D eigenvalue weighted by molar-refractivity contribution is -0.140. The van der Waals surface area contributed by atoms with E-state index in [-0.39, 0.29) is 23.7 Å². The van der Waals surface area contributed by atoms with Crippen LogP contribution in [0.25, 0.3) is 0 Å². The molecule has 2 saturated carbocycles. The molecule has 0 aromatic heterocycles. The third-order valence-corrected chi connectivity index (χ3v) is 5.26. The van der Waals surface area contributed by atoms with Crippen LogP contribution < -0.4 is 0 Å². The van der Waals surface area contributed by atoms with Gasteiger partial charge < -0.3 is 0 Å². The van der Waals surface area contributed by atoms with Gasteiger partial charge in [-0.15, -0.1) is 6.58 Å². The normalized spacial score (nSPS) is 43.6. The van der Waals surface area contributed by atoms with Gasteiger partial charge in [-0.05, 0) is 30.1 Å². The Morgan fingerprint density at radius 3 is 2.18 bits per heavy atom. The van der Waals surface area contributed by atoms with E-state index in [1.165, 1.54) is 17.7 Å². The molecule has 3 fully saturated rings. The molecule has 3 nitrogen and oxygen atoms in total. The van der Waals surface area contributed by atoms with Crippen LogP contribution in [0.3, 0.4) is 0 Å². The second kappa shape index (κ2) is 2.71. The molecule has 1 aliphatic heterocycles. The molecule has 4 aliphatic rings.